The predicted molar refractivity (Wildman–Crippen MR) is 97.9 cm³/mol. The van der Waals surface area contributed by atoms with E-state index in [0.717, 1.165) is 23.1 Å². The maximum atomic E-state index is 9.71. The second-order valence-corrected chi connectivity index (χ2v) is 6.13. The molecule has 0 spiro atoms. The lowest BCUT2D eigenvalue weighted by molar-refractivity contribution is 0.159. The van der Waals surface area contributed by atoms with Crippen LogP contribution < -0.4 is 5.73 Å². The minimum Gasteiger partial charge on any atom is -0.388 e. The number of fused-ring (bicyclic) bond motifs is 2. The number of aliphatic hydroxyl groups excluding tert-OH is 2. The third-order valence-corrected chi connectivity index (χ3v) is 4.60. The first-order valence-electron chi connectivity index (χ1n) is 7.93. The van der Waals surface area contributed by atoms with E-state index in [9.17, 15) is 10.2 Å². The van der Waals surface area contributed by atoms with Gasteiger partial charge >= 0.3 is 0 Å². The molecular formula is C19H24N4O2. The van der Waals surface area contributed by atoms with Crippen molar-refractivity contribution in [1.82, 2.24) is 0 Å². The van der Waals surface area contributed by atoms with Crippen molar-refractivity contribution >= 4 is 0 Å². The van der Waals surface area contributed by atoms with Crippen LogP contribution in [0.25, 0.3) is 10.4 Å². The van der Waals surface area contributed by atoms with Crippen LogP contribution in [0, 0.1) is 0 Å². The van der Waals surface area contributed by atoms with Crippen molar-refractivity contribution in [1.29, 1.82) is 0 Å². The van der Waals surface area contributed by atoms with Crippen molar-refractivity contribution in [2.24, 2.45) is 10.8 Å². The second-order valence-electron chi connectivity index (χ2n) is 6.13. The zero-order valence-electron chi connectivity index (χ0n) is 13.2. The number of rotatable bonds is 1. The Balaban J connectivity index is 0.000000175. The molecule has 4 rings (SSSR count). The Kier molecular flexibility index (Phi) is 6.17. The van der Waals surface area contributed by atoms with Crippen LogP contribution in [0.4, 0.5) is 0 Å². The van der Waals surface area contributed by atoms with Crippen LogP contribution in [0.1, 0.15) is 41.9 Å². The number of hydrogen-bond donors (Lipinski definition) is 3. The van der Waals surface area contributed by atoms with Gasteiger partial charge in [0.25, 0.3) is 0 Å². The highest BCUT2D eigenvalue weighted by Gasteiger charge is 2.29. The summed E-state index contributed by atoms with van der Waals surface area (Å²) < 4.78 is 0. The summed E-state index contributed by atoms with van der Waals surface area (Å²) >= 11 is 0. The Labute approximate surface area is 147 Å². The molecule has 0 saturated carbocycles. The number of nitrogens with two attached hydrogens (primary N) is 1. The van der Waals surface area contributed by atoms with Gasteiger partial charge in [-0.25, -0.2) is 0 Å². The quantitative estimate of drug-likeness (QED) is 0.420. The van der Waals surface area contributed by atoms with Gasteiger partial charge in [-0.2, -0.15) is 0 Å². The maximum Gasteiger partial charge on any atom is 0.0946 e. The van der Waals surface area contributed by atoms with Crippen LogP contribution >= 0.6 is 0 Å². The van der Waals surface area contributed by atoms with E-state index in [0.29, 0.717) is 6.42 Å². The van der Waals surface area contributed by atoms with Gasteiger partial charge in [0.15, 0.2) is 0 Å². The Hall–Kier alpha value is -2.37. The Morgan fingerprint density at radius 3 is 1.96 bits per heavy atom. The van der Waals surface area contributed by atoms with Crippen molar-refractivity contribution < 1.29 is 10.2 Å². The lowest BCUT2D eigenvalue weighted by atomic mass is 10.1. The second kappa shape index (κ2) is 8.14. The fourth-order valence-electron chi connectivity index (χ4n) is 3.33. The molecule has 0 saturated heterocycles. The minimum atomic E-state index is -0.632. The van der Waals surface area contributed by atoms with Crippen LogP contribution in [0.3, 0.4) is 0 Å². The zero-order valence-corrected chi connectivity index (χ0v) is 13.2. The molecule has 6 nitrogen and oxygen atoms in total. The predicted octanol–water partition coefficient (Wildman–Crippen LogP) is 3.19. The molecule has 132 valence electrons. The van der Waals surface area contributed by atoms with Gasteiger partial charge in [-0.3, -0.25) is 0 Å². The molecule has 6 heteroatoms. The molecule has 25 heavy (non-hydrogen) atoms. The topological polar surface area (TPSA) is 115 Å². The maximum absolute atomic E-state index is 9.71. The van der Waals surface area contributed by atoms with E-state index < -0.39 is 12.2 Å². The molecule has 4 unspecified atom stereocenters. The highest BCUT2D eigenvalue weighted by molar-refractivity contribution is 5.36. The number of aliphatic hydroxyl groups is 2. The lowest BCUT2D eigenvalue weighted by Gasteiger charge is -2.07. The highest BCUT2D eigenvalue weighted by Crippen LogP contribution is 2.33. The van der Waals surface area contributed by atoms with Gasteiger partial charge in [-0.1, -0.05) is 61.1 Å². The van der Waals surface area contributed by atoms with Gasteiger partial charge < -0.3 is 15.9 Å². The van der Waals surface area contributed by atoms with Crippen LogP contribution in [-0.4, -0.2) is 22.3 Å². The lowest BCUT2D eigenvalue weighted by Crippen LogP contribution is -2.24. The normalized spacial score (nSPS) is 25.6. The van der Waals surface area contributed by atoms with E-state index in [2.05, 4.69) is 10.0 Å². The minimum absolute atomic E-state index is 0. The van der Waals surface area contributed by atoms with Crippen molar-refractivity contribution in [2.75, 3.05) is 0 Å². The molecule has 4 N–H and O–H groups in total. The molecule has 2 aliphatic carbocycles. The molecule has 0 heterocycles. The van der Waals surface area contributed by atoms with Crippen LogP contribution in [0.5, 0.6) is 0 Å². The summed E-state index contributed by atoms with van der Waals surface area (Å²) in [6.07, 6.45) is 0.358. The number of azide groups is 1. The van der Waals surface area contributed by atoms with Crippen LogP contribution in [0.2, 0.25) is 0 Å². The number of hydrogen-bond acceptors (Lipinski definition) is 4. The highest BCUT2D eigenvalue weighted by atomic mass is 16.3. The van der Waals surface area contributed by atoms with E-state index in [-0.39, 0.29) is 19.5 Å². The van der Waals surface area contributed by atoms with Gasteiger partial charge in [0, 0.05) is 11.0 Å². The smallest absolute Gasteiger partial charge is 0.0946 e. The van der Waals surface area contributed by atoms with Gasteiger partial charge in [0.1, 0.15) is 0 Å². The summed E-state index contributed by atoms with van der Waals surface area (Å²) in [5.74, 6) is 0. The largest absolute Gasteiger partial charge is 0.388 e. The van der Waals surface area contributed by atoms with E-state index in [1.54, 1.807) is 0 Å². The van der Waals surface area contributed by atoms with Crippen molar-refractivity contribution in [3.05, 3.63) is 81.2 Å². The third-order valence-electron chi connectivity index (χ3n) is 4.60. The van der Waals surface area contributed by atoms with E-state index in [1.807, 2.05) is 48.5 Å². The standard InChI is InChI=1S/C9H9N3O.C9H11NO.CH4/c10-12-11-8-5-6-3-1-2-4-7(6)9(8)13;10-8-5-6-3-1-2-4-7(6)9(8)11;/h1-4,8-9,13H,5H2;1-4,8-9,11H,5,10H2;1H4. The molecule has 0 radical (unpaired) electrons. The fourth-order valence-corrected chi connectivity index (χ4v) is 3.33. The Bertz CT molecular complexity index is 774. The monoisotopic (exact) mass is 340 g/mol. The summed E-state index contributed by atoms with van der Waals surface area (Å²) in [6, 6.07) is 15.0. The first kappa shape index (κ1) is 19.0. The molecule has 2 aromatic carbocycles. The average Bonchev–Trinajstić information content (AvgIpc) is 3.07. The summed E-state index contributed by atoms with van der Waals surface area (Å²) in [7, 11) is 0. The van der Waals surface area contributed by atoms with E-state index in [1.165, 1.54) is 5.56 Å². The van der Waals surface area contributed by atoms with Gasteiger partial charge in [0.2, 0.25) is 0 Å². The number of benzene rings is 2. The third kappa shape index (κ3) is 3.83. The Morgan fingerprint density at radius 1 is 0.920 bits per heavy atom. The summed E-state index contributed by atoms with van der Waals surface area (Å²) in [4.78, 5) is 2.72. The first-order valence-corrected chi connectivity index (χ1v) is 7.93. The van der Waals surface area contributed by atoms with Gasteiger partial charge in [-0.15, -0.1) is 0 Å². The van der Waals surface area contributed by atoms with Crippen molar-refractivity contribution in [2.45, 2.75) is 44.6 Å². The molecule has 4 atom stereocenters. The van der Waals surface area contributed by atoms with Crippen LogP contribution in [-0.2, 0) is 12.8 Å². The first-order chi connectivity index (χ1) is 11.6. The molecule has 0 bridgehead atoms. The summed E-state index contributed by atoms with van der Waals surface area (Å²) in [6.45, 7) is 0. The molecular weight excluding hydrogens is 316 g/mol. The SMILES string of the molecule is C.NC1Cc2ccccc2C1O.[N-]=[N+]=NC1Cc2ccccc2C1O. The van der Waals surface area contributed by atoms with Crippen LogP contribution in [0.15, 0.2) is 53.6 Å². The zero-order chi connectivity index (χ0) is 17.1. The molecule has 2 aromatic rings. The molecule has 0 aliphatic heterocycles. The van der Waals surface area contributed by atoms with Crippen molar-refractivity contribution in [3.8, 4) is 0 Å². The summed E-state index contributed by atoms with van der Waals surface area (Å²) in [5, 5.41) is 22.8. The fraction of sp³-hybridized carbons (Fsp3) is 0.368. The average molecular weight is 340 g/mol. The van der Waals surface area contributed by atoms with Gasteiger partial charge in [-0.05, 0) is 40.6 Å². The Morgan fingerprint density at radius 2 is 1.44 bits per heavy atom. The van der Waals surface area contributed by atoms with Crippen molar-refractivity contribution in [3.63, 3.8) is 0 Å². The van der Waals surface area contributed by atoms with Gasteiger partial charge in [0.05, 0.1) is 18.2 Å². The number of nitrogens with zero attached hydrogens (tertiary/aromatic N) is 3. The van der Waals surface area contributed by atoms with E-state index in [4.69, 9.17) is 11.3 Å². The van der Waals surface area contributed by atoms with E-state index >= 15 is 0 Å². The molecule has 0 amide bonds. The molecule has 2 aliphatic rings. The molecule has 0 aromatic heterocycles. The summed E-state index contributed by atoms with van der Waals surface area (Å²) in [5.41, 5.74) is 18.1. The molecule has 0 fully saturated rings.